The van der Waals surface area contributed by atoms with Gasteiger partial charge >= 0.3 is 0 Å². The van der Waals surface area contributed by atoms with Gasteiger partial charge in [0, 0.05) is 32.5 Å². The summed E-state index contributed by atoms with van der Waals surface area (Å²) >= 11 is 0. The minimum absolute atomic E-state index is 0. The van der Waals surface area contributed by atoms with Gasteiger partial charge in [-0.25, -0.2) is 4.98 Å². The second-order valence-corrected chi connectivity index (χ2v) is 6.57. The number of ether oxygens (including phenoxy) is 1. The number of hydrogen-bond acceptors (Lipinski definition) is 3. The van der Waals surface area contributed by atoms with E-state index < -0.39 is 0 Å². The number of halogens is 1. The lowest BCUT2D eigenvalue weighted by atomic mass is 10.1. The van der Waals surface area contributed by atoms with Crippen LogP contribution in [0.1, 0.15) is 16.7 Å². The topological polar surface area (TPSA) is 63.5 Å². The third-order valence-corrected chi connectivity index (χ3v) is 4.28. The van der Waals surface area contributed by atoms with E-state index in [2.05, 4.69) is 56.4 Å². The molecule has 7 heteroatoms. The summed E-state index contributed by atoms with van der Waals surface area (Å²) in [5.41, 5.74) is 3.67. The SMILES string of the molecule is CN=C(NCCOc1ccc(C)cc1)NCc1cccc(Cn2ccnc2)c1.I. The van der Waals surface area contributed by atoms with Crippen LogP contribution in [0.4, 0.5) is 0 Å². The van der Waals surface area contributed by atoms with Crippen LogP contribution in [0, 0.1) is 6.92 Å². The van der Waals surface area contributed by atoms with Gasteiger partial charge in [0.25, 0.3) is 0 Å². The van der Waals surface area contributed by atoms with Crippen LogP contribution in [0.15, 0.2) is 72.2 Å². The van der Waals surface area contributed by atoms with E-state index in [-0.39, 0.29) is 24.0 Å². The molecule has 0 unspecified atom stereocenters. The van der Waals surface area contributed by atoms with E-state index in [1.165, 1.54) is 16.7 Å². The maximum atomic E-state index is 5.73. The lowest BCUT2D eigenvalue weighted by molar-refractivity contribution is 0.322. The lowest BCUT2D eigenvalue weighted by Gasteiger charge is -2.13. The van der Waals surface area contributed by atoms with Crippen molar-refractivity contribution in [3.63, 3.8) is 0 Å². The highest BCUT2D eigenvalue weighted by Gasteiger charge is 2.01. The molecule has 0 amide bonds. The van der Waals surface area contributed by atoms with Gasteiger partial charge in [0.1, 0.15) is 12.4 Å². The van der Waals surface area contributed by atoms with Crippen molar-refractivity contribution in [2.45, 2.75) is 20.0 Å². The molecule has 154 valence electrons. The molecule has 0 aliphatic carbocycles. The van der Waals surface area contributed by atoms with Crippen LogP contribution in [0.3, 0.4) is 0 Å². The molecule has 0 atom stereocenters. The molecule has 2 aromatic carbocycles. The molecule has 0 bridgehead atoms. The van der Waals surface area contributed by atoms with Crippen LogP contribution in [-0.4, -0.2) is 35.7 Å². The molecule has 3 aromatic rings. The van der Waals surface area contributed by atoms with Crippen LogP contribution in [0.5, 0.6) is 5.75 Å². The summed E-state index contributed by atoms with van der Waals surface area (Å²) in [5.74, 6) is 1.64. The van der Waals surface area contributed by atoms with Crippen molar-refractivity contribution in [3.8, 4) is 5.75 Å². The number of nitrogens with zero attached hydrogens (tertiary/aromatic N) is 3. The van der Waals surface area contributed by atoms with E-state index in [0.717, 1.165) is 18.3 Å². The molecule has 0 fully saturated rings. The molecule has 1 heterocycles. The number of imidazole rings is 1. The predicted molar refractivity (Wildman–Crippen MR) is 128 cm³/mol. The van der Waals surface area contributed by atoms with Crippen molar-refractivity contribution in [2.75, 3.05) is 20.2 Å². The summed E-state index contributed by atoms with van der Waals surface area (Å²) in [5, 5.41) is 6.62. The number of nitrogens with one attached hydrogen (secondary N) is 2. The average Bonchev–Trinajstić information content (AvgIpc) is 3.22. The molecule has 0 saturated heterocycles. The minimum atomic E-state index is 0. The van der Waals surface area contributed by atoms with Crippen LogP contribution >= 0.6 is 24.0 Å². The monoisotopic (exact) mass is 505 g/mol. The standard InChI is InChI=1S/C22H27N5O.HI/c1-18-6-8-21(9-7-18)28-13-11-25-22(23-2)26-15-19-4-3-5-20(14-19)16-27-12-10-24-17-27;/h3-10,12,14,17H,11,13,15-16H2,1-2H3,(H2,23,25,26);1H. The Balaban J connectivity index is 0.00000300. The van der Waals surface area contributed by atoms with Crippen LogP contribution in [-0.2, 0) is 13.1 Å². The largest absolute Gasteiger partial charge is 0.492 e. The first kappa shape index (κ1) is 22.7. The van der Waals surface area contributed by atoms with Crippen molar-refractivity contribution in [3.05, 3.63) is 83.9 Å². The Labute approximate surface area is 189 Å². The maximum absolute atomic E-state index is 5.73. The third-order valence-electron chi connectivity index (χ3n) is 4.28. The Morgan fingerprint density at radius 3 is 2.62 bits per heavy atom. The zero-order chi connectivity index (χ0) is 19.6. The summed E-state index contributed by atoms with van der Waals surface area (Å²) in [7, 11) is 1.77. The predicted octanol–water partition coefficient (Wildman–Crippen LogP) is 3.60. The molecule has 3 rings (SSSR count). The Bertz CT molecular complexity index is 878. The summed E-state index contributed by atoms with van der Waals surface area (Å²) in [6.07, 6.45) is 5.59. The third kappa shape index (κ3) is 7.77. The van der Waals surface area contributed by atoms with E-state index in [1.54, 1.807) is 13.2 Å². The van der Waals surface area contributed by atoms with E-state index in [4.69, 9.17) is 4.74 Å². The van der Waals surface area contributed by atoms with Gasteiger partial charge in [0.2, 0.25) is 0 Å². The molecule has 6 nitrogen and oxygen atoms in total. The van der Waals surface area contributed by atoms with Crippen LogP contribution < -0.4 is 15.4 Å². The Hall–Kier alpha value is -2.55. The normalized spacial score (nSPS) is 10.9. The lowest BCUT2D eigenvalue weighted by Crippen LogP contribution is -2.38. The molecule has 0 spiro atoms. The minimum Gasteiger partial charge on any atom is -0.492 e. The molecule has 0 saturated carbocycles. The van der Waals surface area contributed by atoms with Gasteiger partial charge in [-0.2, -0.15) is 0 Å². The van der Waals surface area contributed by atoms with Crippen LogP contribution in [0.2, 0.25) is 0 Å². The first-order valence-electron chi connectivity index (χ1n) is 9.40. The second kappa shape index (κ2) is 12.1. The first-order chi connectivity index (χ1) is 13.7. The fraction of sp³-hybridized carbons (Fsp3) is 0.273. The zero-order valence-corrected chi connectivity index (χ0v) is 19.2. The van der Waals surface area contributed by atoms with Gasteiger partial charge in [-0.1, -0.05) is 42.0 Å². The highest BCUT2D eigenvalue weighted by molar-refractivity contribution is 14.0. The van der Waals surface area contributed by atoms with E-state index in [1.807, 2.05) is 36.8 Å². The second-order valence-electron chi connectivity index (χ2n) is 6.57. The molecule has 2 N–H and O–H groups in total. The molecule has 0 radical (unpaired) electrons. The number of aromatic nitrogens is 2. The Morgan fingerprint density at radius 1 is 1.10 bits per heavy atom. The first-order valence-corrected chi connectivity index (χ1v) is 9.40. The molecule has 0 aliphatic heterocycles. The number of hydrogen-bond donors (Lipinski definition) is 2. The van der Waals surface area contributed by atoms with Gasteiger partial charge in [-0.05, 0) is 30.2 Å². The van der Waals surface area contributed by atoms with Gasteiger partial charge in [-0.15, -0.1) is 24.0 Å². The number of aryl methyl sites for hydroxylation is 1. The highest BCUT2D eigenvalue weighted by Crippen LogP contribution is 2.11. The molecular formula is C22H28IN5O. The smallest absolute Gasteiger partial charge is 0.191 e. The fourth-order valence-electron chi connectivity index (χ4n) is 2.81. The van der Waals surface area contributed by atoms with Gasteiger partial charge in [-0.3, -0.25) is 4.99 Å². The van der Waals surface area contributed by atoms with Crippen molar-refractivity contribution >= 4 is 29.9 Å². The zero-order valence-electron chi connectivity index (χ0n) is 16.8. The quantitative estimate of drug-likeness (QED) is 0.213. The average molecular weight is 505 g/mol. The fourth-order valence-corrected chi connectivity index (χ4v) is 2.81. The summed E-state index contributed by atoms with van der Waals surface area (Å²) in [6, 6.07) is 16.6. The number of benzene rings is 2. The van der Waals surface area contributed by atoms with Crippen molar-refractivity contribution in [2.24, 2.45) is 4.99 Å². The Kier molecular flexibility index (Phi) is 9.49. The van der Waals surface area contributed by atoms with Gasteiger partial charge in [0.15, 0.2) is 5.96 Å². The van der Waals surface area contributed by atoms with Gasteiger partial charge in [0.05, 0.1) is 12.9 Å². The summed E-state index contributed by atoms with van der Waals surface area (Å²) in [6.45, 7) is 4.83. The number of rotatable bonds is 8. The molecular weight excluding hydrogens is 477 g/mol. The Morgan fingerprint density at radius 2 is 1.90 bits per heavy atom. The molecule has 29 heavy (non-hydrogen) atoms. The summed E-state index contributed by atoms with van der Waals surface area (Å²) in [4.78, 5) is 8.36. The number of guanidine groups is 1. The number of aliphatic imine (C=N–C) groups is 1. The van der Waals surface area contributed by atoms with E-state index in [9.17, 15) is 0 Å². The van der Waals surface area contributed by atoms with Gasteiger partial charge < -0.3 is 19.9 Å². The molecule has 0 aliphatic rings. The van der Waals surface area contributed by atoms with E-state index >= 15 is 0 Å². The van der Waals surface area contributed by atoms with Crippen LogP contribution in [0.25, 0.3) is 0 Å². The highest BCUT2D eigenvalue weighted by atomic mass is 127. The molecule has 1 aromatic heterocycles. The van der Waals surface area contributed by atoms with Crippen molar-refractivity contribution in [1.82, 2.24) is 20.2 Å². The maximum Gasteiger partial charge on any atom is 0.191 e. The summed E-state index contributed by atoms with van der Waals surface area (Å²) < 4.78 is 7.79. The van der Waals surface area contributed by atoms with Crippen molar-refractivity contribution in [1.29, 1.82) is 0 Å². The van der Waals surface area contributed by atoms with Crippen molar-refractivity contribution < 1.29 is 4.74 Å². The van der Waals surface area contributed by atoms with E-state index in [0.29, 0.717) is 19.7 Å².